The van der Waals surface area contributed by atoms with Crippen LogP contribution in [0.5, 0.6) is 5.75 Å². The van der Waals surface area contributed by atoms with E-state index < -0.39 is 5.54 Å². The summed E-state index contributed by atoms with van der Waals surface area (Å²) in [6, 6.07) is 16.0. The van der Waals surface area contributed by atoms with E-state index in [1.807, 2.05) is 24.3 Å². The summed E-state index contributed by atoms with van der Waals surface area (Å²) in [5, 5.41) is 12.6. The molecule has 108 valence electrons. The molecule has 3 nitrogen and oxygen atoms in total. The molecule has 1 N–H and O–H groups in total. The molecule has 0 saturated carbocycles. The lowest BCUT2D eigenvalue weighted by Gasteiger charge is -2.25. The molecule has 21 heavy (non-hydrogen) atoms. The van der Waals surface area contributed by atoms with Gasteiger partial charge < -0.3 is 10.1 Å². The van der Waals surface area contributed by atoms with Gasteiger partial charge in [0.15, 0.2) is 0 Å². The Labute approximate surface area is 124 Å². The van der Waals surface area contributed by atoms with Gasteiger partial charge in [-0.15, -0.1) is 0 Å². The minimum atomic E-state index is -0.892. The molecule has 0 aliphatic carbocycles. The Bertz CT molecular complexity index is 649. The number of benzene rings is 2. The molecule has 4 heteroatoms. The van der Waals surface area contributed by atoms with Gasteiger partial charge in [-0.2, -0.15) is 5.26 Å². The van der Waals surface area contributed by atoms with Crippen LogP contribution in [0.3, 0.4) is 0 Å². The van der Waals surface area contributed by atoms with Gasteiger partial charge in [0.05, 0.1) is 13.2 Å². The van der Waals surface area contributed by atoms with Crippen molar-refractivity contribution in [3.05, 3.63) is 59.9 Å². The average molecular weight is 284 g/mol. The standard InChI is InChI=1S/C17H17FN2O/c1-17(12-19,11-13-5-3-4-6-16(13)18)20-14-7-9-15(21-2)10-8-14/h3-10,20H,11H2,1-2H3. The summed E-state index contributed by atoms with van der Waals surface area (Å²) >= 11 is 0. The Morgan fingerprint density at radius 1 is 1.19 bits per heavy atom. The molecule has 0 aliphatic heterocycles. The Morgan fingerprint density at radius 2 is 1.86 bits per heavy atom. The van der Waals surface area contributed by atoms with Gasteiger partial charge in [-0.05, 0) is 42.8 Å². The molecule has 1 atom stereocenters. The molecule has 0 fully saturated rings. The molecule has 2 rings (SSSR count). The zero-order chi connectivity index (χ0) is 15.3. The van der Waals surface area contributed by atoms with Gasteiger partial charge in [0.25, 0.3) is 0 Å². The minimum absolute atomic E-state index is 0.280. The number of halogens is 1. The first-order valence-electron chi connectivity index (χ1n) is 6.63. The van der Waals surface area contributed by atoms with Gasteiger partial charge in [0.1, 0.15) is 17.1 Å². The minimum Gasteiger partial charge on any atom is -0.497 e. The molecule has 0 aliphatic rings. The number of rotatable bonds is 5. The molecular formula is C17H17FN2O. The van der Waals surface area contributed by atoms with Gasteiger partial charge in [-0.1, -0.05) is 18.2 Å². The van der Waals surface area contributed by atoms with E-state index in [1.54, 1.807) is 32.2 Å². The number of nitrogens with zero attached hydrogens (tertiary/aromatic N) is 1. The first-order chi connectivity index (χ1) is 10.1. The average Bonchev–Trinajstić information content (AvgIpc) is 2.50. The second-order valence-corrected chi connectivity index (χ2v) is 5.07. The van der Waals surface area contributed by atoms with Crippen LogP contribution in [0, 0.1) is 17.1 Å². The second kappa shape index (κ2) is 6.27. The summed E-state index contributed by atoms with van der Waals surface area (Å²) in [5.74, 6) is 0.448. The summed E-state index contributed by atoms with van der Waals surface area (Å²) in [7, 11) is 1.60. The molecular weight excluding hydrogens is 267 g/mol. The predicted molar refractivity (Wildman–Crippen MR) is 80.7 cm³/mol. The van der Waals surface area contributed by atoms with E-state index in [0.29, 0.717) is 5.56 Å². The number of nitrogens with one attached hydrogen (secondary N) is 1. The molecule has 2 aromatic carbocycles. The zero-order valence-electron chi connectivity index (χ0n) is 12.1. The van der Waals surface area contributed by atoms with Crippen molar-refractivity contribution in [1.82, 2.24) is 0 Å². The summed E-state index contributed by atoms with van der Waals surface area (Å²) in [6.45, 7) is 1.75. The van der Waals surface area contributed by atoms with Crippen LogP contribution >= 0.6 is 0 Å². The molecule has 0 heterocycles. The molecule has 0 radical (unpaired) electrons. The Balaban J connectivity index is 2.17. The van der Waals surface area contributed by atoms with Crippen LogP contribution in [0.1, 0.15) is 12.5 Å². The molecule has 0 bridgehead atoms. The Kier molecular flexibility index (Phi) is 4.44. The first kappa shape index (κ1) is 14.9. The number of methoxy groups -OCH3 is 1. The fraction of sp³-hybridized carbons (Fsp3) is 0.235. The van der Waals surface area contributed by atoms with E-state index in [0.717, 1.165) is 11.4 Å². The van der Waals surface area contributed by atoms with Crippen LogP contribution in [0.25, 0.3) is 0 Å². The lowest BCUT2D eigenvalue weighted by atomic mass is 9.93. The van der Waals surface area contributed by atoms with Crippen LogP contribution < -0.4 is 10.1 Å². The maximum atomic E-state index is 13.7. The molecule has 1 unspecified atom stereocenters. The molecule has 2 aromatic rings. The van der Waals surface area contributed by atoms with Crippen molar-refractivity contribution in [2.45, 2.75) is 18.9 Å². The van der Waals surface area contributed by atoms with Crippen molar-refractivity contribution in [3.63, 3.8) is 0 Å². The third-order valence-electron chi connectivity index (χ3n) is 3.26. The summed E-state index contributed by atoms with van der Waals surface area (Å²) in [5.41, 5.74) is 0.412. The molecule has 0 spiro atoms. The lowest BCUT2D eigenvalue weighted by molar-refractivity contribution is 0.415. The van der Waals surface area contributed by atoms with Crippen molar-refractivity contribution < 1.29 is 9.13 Å². The van der Waals surface area contributed by atoms with Crippen LogP contribution in [0.15, 0.2) is 48.5 Å². The van der Waals surface area contributed by atoms with Crippen molar-refractivity contribution in [3.8, 4) is 11.8 Å². The lowest BCUT2D eigenvalue weighted by Crippen LogP contribution is -2.35. The van der Waals surface area contributed by atoms with Gasteiger partial charge in [0.2, 0.25) is 0 Å². The quantitative estimate of drug-likeness (QED) is 0.909. The number of hydrogen-bond acceptors (Lipinski definition) is 3. The summed E-state index contributed by atoms with van der Waals surface area (Å²) in [6.07, 6.45) is 0.280. The maximum absolute atomic E-state index is 13.7. The highest BCUT2D eigenvalue weighted by Crippen LogP contribution is 2.22. The Morgan fingerprint density at radius 3 is 2.43 bits per heavy atom. The van der Waals surface area contributed by atoms with Crippen LogP contribution in [-0.4, -0.2) is 12.6 Å². The first-order valence-corrected chi connectivity index (χ1v) is 6.63. The third-order valence-corrected chi connectivity index (χ3v) is 3.26. The normalized spacial score (nSPS) is 13.0. The molecule has 0 aromatic heterocycles. The smallest absolute Gasteiger partial charge is 0.126 e. The van der Waals surface area contributed by atoms with Crippen LogP contribution in [-0.2, 0) is 6.42 Å². The second-order valence-electron chi connectivity index (χ2n) is 5.07. The fourth-order valence-corrected chi connectivity index (χ4v) is 2.13. The maximum Gasteiger partial charge on any atom is 0.126 e. The van der Waals surface area contributed by atoms with E-state index in [4.69, 9.17) is 4.74 Å². The summed E-state index contributed by atoms with van der Waals surface area (Å²) < 4.78 is 18.8. The van der Waals surface area contributed by atoms with E-state index in [1.165, 1.54) is 6.07 Å². The van der Waals surface area contributed by atoms with Crippen molar-refractivity contribution >= 4 is 5.69 Å². The highest BCUT2D eigenvalue weighted by atomic mass is 19.1. The van der Waals surface area contributed by atoms with Gasteiger partial charge in [-0.3, -0.25) is 0 Å². The van der Waals surface area contributed by atoms with Gasteiger partial charge in [-0.25, -0.2) is 4.39 Å². The molecule has 0 amide bonds. The van der Waals surface area contributed by atoms with Gasteiger partial charge in [0, 0.05) is 12.1 Å². The topological polar surface area (TPSA) is 45.0 Å². The van der Waals surface area contributed by atoms with Crippen molar-refractivity contribution in [2.24, 2.45) is 0 Å². The van der Waals surface area contributed by atoms with E-state index in [9.17, 15) is 9.65 Å². The van der Waals surface area contributed by atoms with Crippen LogP contribution in [0.2, 0.25) is 0 Å². The van der Waals surface area contributed by atoms with Crippen LogP contribution in [0.4, 0.5) is 10.1 Å². The number of anilines is 1. The summed E-state index contributed by atoms with van der Waals surface area (Å²) in [4.78, 5) is 0. The highest BCUT2D eigenvalue weighted by molar-refractivity contribution is 5.50. The monoisotopic (exact) mass is 284 g/mol. The Hall–Kier alpha value is -2.54. The predicted octanol–water partition coefficient (Wildman–Crippen LogP) is 3.77. The largest absolute Gasteiger partial charge is 0.497 e. The van der Waals surface area contributed by atoms with E-state index in [2.05, 4.69) is 11.4 Å². The van der Waals surface area contributed by atoms with Crippen molar-refractivity contribution in [1.29, 1.82) is 5.26 Å². The molecule has 0 saturated heterocycles. The van der Waals surface area contributed by atoms with E-state index in [-0.39, 0.29) is 12.2 Å². The SMILES string of the molecule is COc1ccc(NC(C)(C#N)Cc2ccccc2F)cc1. The zero-order valence-corrected chi connectivity index (χ0v) is 12.1. The van der Waals surface area contributed by atoms with Crippen molar-refractivity contribution in [2.75, 3.05) is 12.4 Å². The number of nitriles is 1. The highest BCUT2D eigenvalue weighted by Gasteiger charge is 2.25. The number of hydrogen-bond donors (Lipinski definition) is 1. The third kappa shape index (κ3) is 3.73. The fourth-order valence-electron chi connectivity index (χ4n) is 2.13. The van der Waals surface area contributed by atoms with E-state index >= 15 is 0 Å². The number of ether oxygens (including phenoxy) is 1. The van der Waals surface area contributed by atoms with Gasteiger partial charge >= 0.3 is 0 Å².